The van der Waals surface area contributed by atoms with Gasteiger partial charge in [0.15, 0.2) is 17.0 Å². The Balaban J connectivity index is 1.85. The number of nitrogens with one attached hydrogen (secondary N) is 1. The Bertz CT molecular complexity index is 1270. The van der Waals surface area contributed by atoms with Gasteiger partial charge in [0, 0.05) is 11.3 Å². The third-order valence-corrected chi connectivity index (χ3v) is 5.48. The number of fused-ring (bicyclic) bond motifs is 1. The fourth-order valence-corrected chi connectivity index (χ4v) is 3.74. The SMILES string of the molecule is CCc1ccccc1NC(=O)c1nn2c(C(F)(F)F)cc(-c3ccccc3)nc2c1Br. The first-order valence-corrected chi connectivity index (χ1v) is 10.2. The summed E-state index contributed by atoms with van der Waals surface area (Å²) in [6.07, 6.45) is -4.01. The lowest BCUT2D eigenvalue weighted by Gasteiger charge is -2.11. The van der Waals surface area contributed by atoms with Crippen LogP contribution in [0.1, 0.15) is 28.7 Å². The average molecular weight is 489 g/mol. The van der Waals surface area contributed by atoms with Gasteiger partial charge in [-0.1, -0.05) is 55.5 Å². The highest BCUT2D eigenvalue weighted by atomic mass is 79.9. The summed E-state index contributed by atoms with van der Waals surface area (Å²) in [5, 5.41) is 6.67. The van der Waals surface area contributed by atoms with E-state index in [0.717, 1.165) is 11.6 Å². The quantitative estimate of drug-likeness (QED) is 0.383. The average Bonchev–Trinajstić information content (AvgIpc) is 3.10. The molecule has 0 aliphatic heterocycles. The first-order valence-electron chi connectivity index (χ1n) is 9.40. The van der Waals surface area contributed by atoms with E-state index in [0.29, 0.717) is 22.2 Å². The number of anilines is 1. The van der Waals surface area contributed by atoms with Gasteiger partial charge in [-0.2, -0.15) is 18.3 Å². The molecule has 0 radical (unpaired) electrons. The maximum Gasteiger partial charge on any atom is 0.433 e. The van der Waals surface area contributed by atoms with Crippen LogP contribution in [0.15, 0.2) is 65.1 Å². The Labute approximate surface area is 184 Å². The fraction of sp³-hybridized carbons (Fsp3) is 0.136. The van der Waals surface area contributed by atoms with Gasteiger partial charge in [0.25, 0.3) is 5.91 Å². The molecular formula is C22H16BrF3N4O. The molecule has 2 aromatic heterocycles. The van der Waals surface area contributed by atoms with Crippen molar-refractivity contribution < 1.29 is 18.0 Å². The zero-order chi connectivity index (χ0) is 22.2. The monoisotopic (exact) mass is 488 g/mol. The molecular weight excluding hydrogens is 473 g/mol. The van der Waals surface area contributed by atoms with Crippen LogP contribution >= 0.6 is 15.9 Å². The number of carbonyl (C=O) groups is 1. The van der Waals surface area contributed by atoms with Gasteiger partial charge < -0.3 is 5.32 Å². The summed E-state index contributed by atoms with van der Waals surface area (Å²) in [6, 6.07) is 16.7. The molecule has 9 heteroatoms. The number of halogens is 4. The zero-order valence-corrected chi connectivity index (χ0v) is 17.8. The van der Waals surface area contributed by atoms with Crippen LogP contribution in [-0.4, -0.2) is 20.5 Å². The molecule has 0 atom stereocenters. The van der Waals surface area contributed by atoms with Crippen LogP contribution in [0, 0.1) is 0 Å². The molecule has 0 unspecified atom stereocenters. The van der Waals surface area contributed by atoms with Crippen molar-refractivity contribution in [3.8, 4) is 11.3 Å². The van der Waals surface area contributed by atoms with Crippen LogP contribution in [0.5, 0.6) is 0 Å². The minimum Gasteiger partial charge on any atom is -0.320 e. The number of nitrogens with zero attached hydrogens (tertiary/aromatic N) is 3. The van der Waals surface area contributed by atoms with Crippen molar-refractivity contribution in [1.29, 1.82) is 0 Å². The zero-order valence-electron chi connectivity index (χ0n) is 16.2. The summed E-state index contributed by atoms with van der Waals surface area (Å²) < 4.78 is 42.1. The minimum absolute atomic E-state index is 0.0854. The molecule has 0 aliphatic carbocycles. The number of benzene rings is 2. The third kappa shape index (κ3) is 4.05. The van der Waals surface area contributed by atoms with Gasteiger partial charge in [0.1, 0.15) is 0 Å². The number of aryl methyl sites for hydroxylation is 1. The van der Waals surface area contributed by atoms with E-state index in [1.165, 1.54) is 0 Å². The molecule has 5 nitrogen and oxygen atoms in total. The van der Waals surface area contributed by atoms with Crippen LogP contribution in [0.2, 0.25) is 0 Å². The van der Waals surface area contributed by atoms with Crippen molar-refractivity contribution in [2.75, 3.05) is 5.32 Å². The van der Waals surface area contributed by atoms with E-state index in [9.17, 15) is 18.0 Å². The first kappa shape index (κ1) is 21.0. The van der Waals surface area contributed by atoms with E-state index in [-0.39, 0.29) is 21.5 Å². The van der Waals surface area contributed by atoms with Crippen molar-refractivity contribution in [1.82, 2.24) is 14.6 Å². The molecule has 0 spiro atoms. The Morgan fingerprint density at radius 1 is 1.10 bits per heavy atom. The number of aromatic nitrogens is 3. The van der Waals surface area contributed by atoms with E-state index in [4.69, 9.17) is 0 Å². The molecule has 158 valence electrons. The second kappa shape index (κ2) is 8.14. The summed E-state index contributed by atoms with van der Waals surface area (Å²) in [4.78, 5) is 17.2. The van der Waals surface area contributed by atoms with Crippen molar-refractivity contribution in [3.05, 3.63) is 82.1 Å². The van der Waals surface area contributed by atoms with Crippen molar-refractivity contribution in [3.63, 3.8) is 0 Å². The fourth-order valence-electron chi connectivity index (χ4n) is 3.23. The molecule has 4 aromatic rings. The molecule has 1 N–H and O–H groups in total. The Kier molecular flexibility index (Phi) is 5.53. The number of para-hydroxylation sites is 1. The maximum atomic E-state index is 13.8. The second-order valence-electron chi connectivity index (χ2n) is 6.75. The molecule has 2 aromatic carbocycles. The van der Waals surface area contributed by atoms with Crippen LogP contribution < -0.4 is 5.32 Å². The van der Waals surface area contributed by atoms with Crippen LogP contribution in [-0.2, 0) is 12.6 Å². The highest BCUT2D eigenvalue weighted by Gasteiger charge is 2.36. The number of hydrogen-bond donors (Lipinski definition) is 1. The van der Waals surface area contributed by atoms with Crippen molar-refractivity contribution in [2.24, 2.45) is 0 Å². The van der Waals surface area contributed by atoms with Crippen molar-refractivity contribution in [2.45, 2.75) is 19.5 Å². The molecule has 31 heavy (non-hydrogen) atoms. The van der Waals surface area contributed by atoms with E-state index >= 15 is 0 Å². The standard InChI is InChI=1S/C22H16BrF3N4O/c1-2-13-8-6-7-11-15(13)28-21(31)19-18(23)20-27-16(14-9-4-3-5-10-14)12-17(22(24,25)26)30(20)29-19/h3-12H,2H2,1H3,(H,28,31). The molecule has 0 saturated heterocycles. The highest BCUT2D eigenvalue weighted by molar-refractivity contribution is 9.10. The van der Waals surface area contributed by atoms with Crippen molar-refractivity contribution >= 4 is 33.2 Å². The first-order chi connectivity index (χ1) is 14.8. The lowest BCUT2D eigenvalue weighted by Crippen LogP contribution is -2.16. The highest BCUT2D eigenvalue weighted by Crippen LogP contribution is 2.34. The second-order valence-corrected chi connectivity index (χ2v) is 7.55. The van der Waals surface area contributed by atoms with Gasteiger partial charge in [-0.15, -0.1) is 0 Å². The minimum atomic E-state index is -4.70. The lowest BCUT2D eigenvalue weighted by molar-refractivity contribution is -0.142. The number of amides is 1. The van der Waals surface area contributed by atoms with E-state index in [2.05, 4.69) is 31.3 Å². The van der Waals surface area contributed by atoms with E-state index in [1.54, 1.807) is 42.5 Å². The predicted octanol–water partition coefficient (Wildman–Crippen LogP) is 5.99. The molecule has 1 amide bonds. The summed E-state index contributed by atoms with van der Waals surface area (Å²) in [5.41, 5.74) is 0.821. The molecule has 0 saturated carbocycles. The van der Waals surface area contributed by atoms with Gasteiger partial charge in [0.2, 0.25) is 0 Å². The number of alkyl halides is 3. The Hall–Kier alpha value is -3.20. The lowest BCUT2D eigenvalue weighted by atomic mass is 10.1. The van der Waals surface area contributed by atoms with Crippen LogP contribution in [0.4, 0.5) is 18.9 Å². The van der Waals surface area contributed by atoms with E-state index in [1.807, 2.05) is 19.1 Å². The molecule has 0 fully saturated rings. The summed E-state index contributed by atoms with van der Waals surface area (Å²) >= 11 is 3.24. The van der Waals surface area contributed by atoms with Gasteiger partial charge in [-0.05, 0) is 40.0 Å². The van der Waals surface area contributed by atoms with Crippen LogP contribution in [0.3, 0.4) is 0 Å². The number of rotatable bonds is 4. The summed E-state index contributed by atoms with van der Waals surface area (Å²) in [6.45, 7) is 1.94. The van der Waals surface area contributed by atoms with E-state index < -0.39 is 17.8 Å². The predicted molar refractivity (Wildman–Crippen MR) is 115 cm³/mol. The Morgan fingerprint density at radius 3 is 2.45 bits per heavy atom. The largest absolute Gasteiger partial charge is 0.433 e. The molecule has 2 heterocycles. The van der Waals surface area contributed by atoms with Crippen LogP contribution in [0.25, 0.3) is 16.9 Å². The van der Waals surface area contributed by atoms with Gasteiger partial charge >= 0.3 is 6.18 Å². The molecule has 0 aliphatic rings. The van der Waals surface area contributed by atoms with Gasteiger partial charge in [0.05, 0.1) is 10.2 Å². The number of hydrogen-bond acceptors (Lipinski definition) is 3. The normalized spacial score (nSPS) is 11.6. The molecule has 4 rings (SSSR count). The number of carbonyl (C=O) groups excluding carboxylic acids is 1. The summed E-state index contributed by atoms with van der Waals surface area (Å²) in [5.74, 6) is -0.632. The molecule has 0 bridgehead atoms. The topological polar surface area (TPSA) is 59.3 Å². The Morgan fingerprint density at radius 2 is 1.77 bits per heavy atom. The third-order valence-electron chi connectivity index (χ3n) is 4.75. The maximum absolute atomic E-state index is 13.8. The smallest absolute Gasteiger partial charge is 0.320 e. The van der Waals surface area contributed by atoms with Gasteiger partial charge in [-0.3, -0.25) is 4.79 Å². The van der Waals surface area contributed by atoms with Gasteiger partial charge in [-0.25, -0.2) is 9.50 Å². The summed E-state index contributed by atoms with van der Waals surface area (Å²) in [7, 11) is 0.